The summed E-state index contributed by atoms with van der Waals surface area (Å²) < 4.78 is 13.4. The van der Waals surface area contributed by atoms with Gasteiger partial charge < -0.3 is 10.2 Å². The Labute approximate surface area is 97.5 Å². The topological polar surface area (TPSA) is 57.5 Å². The van der Waals surface area contributed by atoms with Crippen molar-refractivity contribution in [2.24, 2.45) is 0 Å². The maximum absolute atomic E-state index is 13.4. The first-order valence-electron chi connectivity index (χ1n) is 4.77. The first-order valence-corrected chi connectivity index (χ1v) is 5.31. The van der Waals surface area contributed by atoms with Crippen molar-refractivity contribution in [3.8, 4) is 0 Å². The second kappa shape index (κ2) is 5.94. The van der Waals surface area contributed by atoms with E-state index in [-0.39, 0.29) is 23.4 Å². The fraction of sp³-hybridized carbons (Fsp3) is 0.364. The van der Waals surface area contributed by atoms with Crippen LogP contribution >= 0.6 is 11.6 Å². The molecule has 1 rings (SSSR count). The summed E-state index contributed by atoms with van der Waals surface area (Å²) >= 11 is 5.41. The zero-order chi connectivity index (χ0) is 12.1. The van der Waals surface area contributed by atoms with Gasteiger partial charge in [-0.25, -0.2) is 4.39 Å². The van der Waals surface area contributed by atoms with Crippen LogP contribution in [-0.4, -0.2) is 28.5 Å². The Morgan fingerprint density at radius 2 is 2.12 bits per heavy atom. The number of aliphatic hydroxyl groups is 2. The van der Waals surface area contributed by atoms with E-state index < -0.39 is 18.0 Å². The van der Waals surface area contributed by atoms with Gasteiger partial charge in [0.1, 0.15) is 11.9 Å². The molecular formula is C11H12ClFO3. The van der Waals surface area contributed by atoms with Crippen molar-refractivity contribution in [1.82, 2.24) is 0 Å². The average molecular weight is 247 g/mol. The molecule has 2 N–H and O–H groups in total. The highest BCUT2D eigenvalue weighted by atomic mass is 35.5. The molecule has 3 nitrogen and oxygen atoms in total. The van der Waals surface area contributed by atoms with Crippen LogP contribution in [0.2, 0.25) is 0 Å². The van der Waals surface area contributed by atoms with Gasteiger partial charge in [0.25, 0.3) is 0 Å². The Bertz CT molecular complexity index is 370. The predicted molar refractivity (Wildman–Crippen MR) is 58.1 cm³/mol. The van der Waals surface area contributed by atoms with Crippen molar-refractivity contribution >= 4 is 17.9 Å². The maximum atomic E-state index is 13.4. The molecule has 0 aliphatic carbocycles. The standard InChI is InChI=1S/C11H12ClFO3/c12-5-4-9(15)11(16)10-7(6-14)2-1-3-8(10)13/h1-3,6,9,11,15-16H,4-5H2. The first kappa shape index (κ1) is 13.1. The lowest BCUT2D eigenvalue weighted by molar-refractivity contribution is 0.0146. The molecule has 0 amide bonds. The van der Waals surface area contributed by atoms with Crippen molar-refractivity contribution in [3.63, 3.8) is 0 Å². The van der Waals surface area contributed by atoms with Crippen LogP contribution in [0.5, 0.6) is 0 Å². The van der Waals surface area contributed by atoms with Gasteiger partial charge in [0.2, 0.25) is 0 Å². The number of halogens is 2. The summed E-state index contributed by atoms with van der Waals surface area (Å²) in [7, 11) is 0. The molecule has 0 saturated heterocycles. The fourth-order valence-corrected chi connectivity index (χ4v) is 1.65. The lowest BCUT2D eigenvalue weighted by Crippen LogP contribution is -2.21. The summed E-state index contributed by atoms with van der Waals surface area (Å²) in [6, 6.07) is 3.87. The molecule has 1 aromatic carbocycles. The van der Waals surface area contributed by atoms with Gasteiger partial charge in [0, 0.05) is 17.0 Å². The second-order valence-corrected chi connectivity index (χ2v) is 3.73. The summed E-state index contributed by atoms with van der Waals surface area (Å²) in [6.07, 6.45) is -2.07. The molecule has 0 bridgehead atoms. The average Bonchev–Trinajstić information content (AvgIpc) is 2.28. The van der Waals surface area contributed by atoms with Gasteiger partial charge in [0.15, 0.2) is 6.29 Å². The molecule has 0 aromatic heterocycles. The summed E-state index contributed by atoms with van der Waals surface area (Å²) in [4.78, 5) is 10.7. The lowest BCUT2D eigenvalue weighted by Gasteiger charge is -2.19. The minimum atomic E-state index is -1.44. The highest BCUT2D eigenvalue weighted by Crippen LogP contribution is 2.24. The van der Waals surface area contributed by atoms with Gasteiger partial charge in [-0.2, -0.15) is 0 Å². The van der Waals surface area contributed by atoms with Crippen LogP contribution in [0.25, 0.3) is 0 Å². The highest BCUT2D eigenvalue weighted by molar-refractivity contribution is 6.17. The van der Waals surface area contributed by atoms with Gasteiger partial charge in [0.05, 0.1) is 6.10 Å². The maximum Gasteiger partial charge on any atom is 0.150 e. The van der Waals surface area contributed by atoms with Crippen LogP contribution in [0.3, 0.4) is 0 Å². The van der Waals surface area contributed by atoms with E-state index in [1.54, 1.807) is 0 Å². The monoisotopic (exact) mass is 246 g/mol. The number of benzene rings is 1. The van der Waals surface area contributed by atoms with Crippen molar-refractivity contribution in [2.45, 2.75) is 18.6 Å². The number of aliphatic hydroxyl groups excluding tert-OH is 2. The van der Waals surface area contributed by atoms with E-state index in [1.807, 2.05) is 0 Å². The normalized spacial score (nSPS) is 14.5. The second-order valence-electron chi connectivity index (χ2n) is 3.35. The van der Waals surface area contributed by atoms with Gasteiger partial charge in [-0.05, 0) is 12.5 Å². The minimum absolute atomic E-state index is 0.0288. The van der Waals surface area contributed by atoms with E-state index in [0.29, 0.717) is 6.29 Å². The fourth-order valence-electron chi connectivity index (χ4n) is 1.43. The Morgan fingerprint density at radius 1 is 1.44 bits per heavy atom. The van der Waals surface area contributed by atoms with E-state index in [9.17, 15) is 19.4 Å². The highest BCUT2D eigenvalue weighted by Gasteiger charge is 2.23. The van der Waals surface area contributed by atoms with Crippen LogP contribution in [0.15, 0.2) is 18.2 Å². The predicted octanol–water partition coefficient (Wildman–Crippen LogP) is 1.66. The molecular weight excluding hydrogens is 235 g/mol. The summed E-state index contributed by atoms with van der Waals surface area (Å²) in [6.45, 7) is 0. The van der Waals surface area contributed by atoms with Crippen LogP contribution in [0.4, 0.5) is 4.39 Å². The molecule has 0 aliphatic rings. The molecule has 0 fully saturated rings. The number of alkyl halides is 1. The van der Waals surface area contributed by atoms with Crippen molar-refractivity contribution in [2.75, 3.05) is 5.88 Å². The Balaban J connectivity index is 3.06. The molecule has 0 heterocycles. The largest absolute Gasteiger partial charge is 0.390 e. The number of carbonyl (C=O) groups is 1. The van der Waals surface area contributed by atoms with Crippen LogP contribution in [0.1, 0.15) is 28.4 Å². The zero-order valence-electron chi connectivity index (χ0n) is 8.44. The number of aldehydes is 1. The van der Waals surface area contributed by atoms with E-state index in [1.165, 1.54) is 12.1 Å². The molecule has 16 heavy (non-hydrogen) atoms. The third-order valence-corrected chi connectivity index (χ3v) is 2.50. The SMILES string of the molecule is O=Cc1cccc(F)c1C(O)C(O)CCCl. The van der Waals surface area contributed by atoms with Crippen LogP contribution in [0, 0.1) is 5.82 Å². The van der Waals surface area contributed by atoms with Crippen molar-refractivity contribution < 1.29 is 19.4 Å². The molecule has 0 aliphatic heterocycles. The zero-order valence-corrected chi connectivity index (χ0v) is 9.19. The first-order chi connectivity index (χ1) is 7.61. The Kier molecular flexibility index (Phi) is 4.86. The van der Waals surface area contributed by atoms with Gasteiger partial charge >= 0.3 is 0 Å². The lowest BCUT2D eigenvalue weighted by atomic mass is 9.97. The minimum Gasteiger partial charge on any atom is -0.390 e. The molecule has 0 radical (unpaired) electrons. The Morgan fingerprint density at radius 3 is 2.69 bits per heavy atom. The molecule has 0 saturated carbocycles. The van der Waals surface area contributed by atoms with Crippen molar-refractivity contribution in [3.05, 3.63) is 35.1 Å². The summed E-state index contributed by atoms with van der Waals surface area (Å²) in [5.41, 5.74) is -0.156. The molecule has 88 valence electrons. The third kappa shape index (κ3) is 2.78. The van der Waals surface area contributed by atoms with Crippen LogP contribution < -0.4 is 0 Å². The van der Waals surface area contributed by atoms with Gasteiger partial charge in [-0.15, -0.1) is 11.6 Å². The van der Waals surface area contributed by atoms with Gasteiger partial charge in [-0.3, -0.25) is 4.79 Å². The van der Waals surface area contributed by atoms with Gasteiger partial charge in [-0.1, -0.05) is 12.1 Å². The number of carbonyl (C=O) groups excluding carboxylic acids is 1. The molecule has 2 unspecified atom stereocenters. The molecule has 1 aromatic rings. The van der Waals surface area contributed by atoms with E-state index >= 15 is 0 Å². The van der Waals surface area contributed by atoms with Crippen LogP contribution in [-0.2, 0) is 0 Å². The number of rotatable bonds is 5. The van der Waals surface area contributed by atoms with E-state index in [2.05, 4.69) is 0 Å². The summed E-state index contributed by atoms with van der Waals surface area (Å²) in [5.74, 6) is -0.575. The third-order valence-electron chi connectivity index (χ3n) is 2.28. The molecule has 0 spiro atoms. The summed E-state index contributed by atoms with van der Waals surface area (Å²) in [5, 5.41) is 19.2. The quantitative estimate of drug-likeness (QED) is 0.614. The number of hydrogen-bond donors (Lipinski definition) is 2. The number of hydrogen-bond acceptors (Lipinski definition) is 3. The Hall–Kier alpha value is -0.970. The smallest absolute Gasteiger partial charge is 0.150 e. The van der Waals surface area contributed by atoms with E-state index in [0.717, 1.165) is 6.07 Å². The molecule has 2 atom stereocenters. The van der Waals surface area contributed by atoms with E-state index in [4.69, 9.17) is 11.6 Å². The molecule has 5 heteroatoms. The van der Waals surface area contributed by atoms with Crippen molar-refractivity contribution in [1.29, 1.82) is 0 Å².